The molecule has 0 fully saturated rings. The lowest BCUT2D eigenvalue weighted by Crippen LogP contribution is -1.85. The van der Waals surface area contributed by atoms with Crippen LogP contribution in [0.15, 0.2) is 29.9 Å². The molecule has 2 nitrogen and oxygen atoms in total. The van der Waals surface area contributed by atoms with Gasteiger partial charge in [0.05, 0.1) is 10.7 Å². The molecule has 14 heavy (non-hydrogen) atoms. The first kappa shape index (κ1) is 9.34. The molecule has 3 heteroatoms. The molecule has 72 valence electrons. The first-order chi connectivity index (χ1) is 6.77. The number of hydrogen-bond donors (Lipinski definition) is 0. The Morgan fingerprint density at radius 2 is 2.21 bits per heavy atom. The second-order valence-corrected chi connectivity index (χ2v) is 4.36. The monoisotopic (exact) mass is 204 g/mol. The molecule has 0 atom stereocenters. The van der Waals surface area contributed by atoms with Crippen LogP contribution in [0, 0.1) is 0 Å². The fourth-order valence-electron chi connectivity index (χ4n) is 1.20. The van der Waals surface area contributed by atoms with Gasteiger partial charge in [-0.3, -0.25) is 4.98 Å². The SMILES string of the molecule is CC(C)c1nc(-c2cccnc2)cs1. The summed E-state index contributed by atoms with van der Waals surface area (Å²) in [7, 11) is 0. The molecular weight excluding hydrogens is 192 g/mol. The molecule has 0 saturated heterocycles. The maximum atomic E-state index is 4.56. The minimum absolute atomic E-state index is 0.505. The van der Waals surface area contributed by atoms with Crippen molar-refractivity contribution >= 4 is 11.3 Å². The topological polar surface area (TPSA) is 25.8 Å². The Morgan fingerprint density at radius 1 is 1.36 bits per heavy atom. The third kappa shape index (κ3) is 1.82. The molecular formula is C11H12N2S. The van der Waals surface area contributed by atoms with Crippen LogP contribution < -0.4 is 0 Å². The zero-order valence-corrected chi connectivity index (χ0v) is 9.08. The van der Waals surface area contributed by atoms with Gasteiger partial charge in [-0.2, -0.15) is 0 Å². The minimum atomic E-state index is 0.505. The lowest BCUT2D eigenvalue weighted by atomic mass is 10.2. The normalized spacial score (nSPS) is 10.8. The van der Waals surface area contributed by atoms with E-state index in [0.717, 1.165) is 11.3 Å². The van der Waals surface area contributed by atoms with Gasteiger partial charge in [0.2, 0.25) is 0 Å². The van der Waals surface area contributed by atoms with Crippen LogP contribution in [0.1, 0.15) is 24.8 Å². The molecule has 0 radical (unpaired) electrons. The van der Waals surface area contributed by atoms with Gasteiger partial charge >= 0.3 is 0 Å². The summed E-state index contributed by atoms with van der Waals surface area (Å²) in [6.45, 7) is 4.32. The Bertz CT molecular complexity index is 406. The van der Waals surface area contributed by atoms with E-state index in [1.165, 1.54) is 5.01 Å². The van der Waals surface area contributed by atoms with E-state index in [1.54, 1.807) is 17.5 Å². The highest BCUT2D eigenvalue weighted by molar-refractivity contribution is 7.10. The average molecular weight is 204 g/mol. The van der Waals surface area contributed by atoms with Crippen LogP contribution in [0.2, 0.25) is 0 Å². The molecule has 0 aliphatic heterocycles. The van der Waals surface area contributed by atoms with Gasteiger partial charge in [0, 0.05) is 29.3 Å². The summed E-state index contributed by atoms with van der Waals surface area (Å²) in [5.74, 6) is 0.505. The summed E-state index contributed by atoms with van der Waals surface area (Å²) >= 11 is 1.71. The molecule has 0 aliphatic carbocycles. The quantitative estimate of drug-likeness (QED) is 0.750. The van der Waals surface area contributed by atoms with Crippen LogP contribution in [0.3, 0.4) is 0 Å². The van der Waals surface area contributed by atoms with Crippen molar-refractivity contribution in [2.45, 2.75) is 19.8 Å². The van der Waals surface area contributed by atoms with Crippen molar-refractivity contribution in [3.63, 3.8) is 0 Å². The zero-order valence-electron chi connectivity index (χ0n) is 8.27. The zero-order chi connectivity index (χ0) is 9.97. The Balaban J connectivity index is 2.34. The van der Waals surface area contributed by atoms with Crippen LogP contribution >= 0.6 is 11.3 Å². The van der Waals surface area contributed by atoms with E-state index in [2.05, 4.69) is 29.2 Å². The third-order valence-electron chi connectivity index (χ3n) is 1.97. The highest BCUT2D eigenvalue weighted by atomic mass is 32.1. The highest BCUT2D eigenvalue weighted by Crippen LogP contribution is 2.25. The van der Waals surface area contributed by atoms with E-state index < -0.39 is 0 Å². The van der Waals surface area contributed by atoms with Gasteiger partial charge in [-0.15, -0.1) is 11.3 Å². The summed E-state index contributed by atoms with van der Waals surface area (Å²) in [5, 5.41) is 3.27. The summed E-state index contributed by atoms with van der Waals surface area (Å²) in [6.07, 6.45) is 3.62. The lowest BCUT2D eigenvalue weighted by molar-refractivity contribution is 0.853. The van der Waals surface area contributed by atoms with Crippen LogP contribution in [0.25, 0.3) is 11.3 Å². The molecule has 0 aromatic carbocycles. The molecule has 2 aromatic rings. The number of pyridine rings is 1. The molecule has 0 N–H and O–H groups in total. The maximum Gasteiger partial charge on any atom is 0.0958 e. The van der Waals surface area contributed by atoms with Gasteiger partial charge in [0.25, 0.3) is 0 Å². The van der Waals surface area contributed by atoms with E-state index >= 15 is 0 Å². The molecule has 0 spiro atoms. The summed E-state index contributed by atoms with van der Waals surface area (Å²) in [5.41, 5.74) is 2.13. The van der Waals surface area contributed by atoms with Gasteiger partial charge in [-0.25, -0.2) is 4.98 Å². The number of hydrogen-bond acceptors (Lipinski definition) is 3. The fraction of sp³-hybridized carbons (Fsp3) is 0.273. The Hall–Kier alpha value is -1.22. The van der Waals surface area contributed by atoms with E-state index in [1.807, 2.05) is 18.3 Å². The van der Waals surface area contributed by atoms with Crippen LogP contribution in [0.4, 0.5) is 0 Å². The molecule has 2 rings (SSSR count). The summed E-state index contributed by atoms with van der Waals surface area (Å²) < 4.78 is 0. The molecule has 0 amide bonds. The first-order valence-electron chi connectivity index (χ1n) is 4.63. The van der Waals surface area contributed by atoms with E-state index in [0.29, 0.717) is 5.92 Å². The second-order valence-electron chi connectivity index (χ2n) is 3.47. The smallest absolute Gasteiger partial charge is 0.0958 e. The first-order valence-corrected chi connectivity index (χ1v) is 5.51. The van der Waals surface area contributed by atoms with Crippen molar-refractivity contribution in [1.82, 2.24) is 9.97 Å². The van der Waals surface area contributed by atoms with Gasteiger partial charge in [0.15, 0.2) is 0 Å². The standard InChI is InChI=1S/C11H12N2S/c1-8(2)11-13-10(7-14-11)9-4-3-5-12-6-9/h3-8H,1-2H3. The molecule has 0 bridgehead atoms. The average Bonchev–Trinajstić information content (AvgIpc) is 2.68. The summed E-state index contributed by atoms with van der Waals surface area (Å²) in [4.78, 5) is 8.64. The Kier molecular flexibility index (Phi) is 2.59. The number of rotatable bonds is 2. The van der Waals surface area contributed by atoms with Crippen LogP contribution in [-0.2, 0) is 0 Å². The number of nitrogens with zero attached hydrogens (tertiary/aromatic N) is 2. The van der Waals surface area contributed by atoms with Gasteiger partial charge < -0.3 is 0 Å². The van der Waals surface area contributed by atoms with Crippen molar-refractivity contribution in [3.05, 3.63) is 34.9 Å². The highest BCUT2D eigenvalue weighted by Gasteiger charge is 2.06. The largest absolute Gasteiger partial charge is 0.264 e. The molecule has 2 heterocycles. The summed E-state index contributed by atoms with van der Waals surface area (Å²) in [6, 6.07) is 3.97. The Labute approximate surface area is 87.7 Å². The van der Waals surface area contributed by atoms with Crippen molar-refractivity contribution in [2.24, 2.45) is 0 Å². The van der Waals surface area contributed by atoms with Crippen LogP contribution in [-0.4, -0.2) is 9.97 Å². The van der Waals surface area contributed by atoms with Crippen molar-refractivity contribution in [3.8, 4) is 11.3 Å². The number of thiazole rings is 1. The van der Waals surface area contributed by atoms with E-state index in [4.69, 9.17) is 0 Å². The van der Waals surface area contributed by atoms with Crippen molar-refractivity contribution in [1.29, 1.82) is 0 Å². The lowest BCUT2D eigenvalue weighted by Gasteiger charge is -1.97. The predicted octanol–water partition coefficient (Wildman–Crippen LogP) is 3.33. The van der Waals surface area contributed by atoms with Crippen molar-refractivity contribution < 1.29 is 0 Å². The predicted molar refractivity (Wildman–Crippen MR) is 59.4 cm³/mol. The van der Waals surface area contributed by atoms with E-state index in [9.17, 15) is 0 Å². The molecule has 2 aromatic heterocycles. The third-order valence-corrected chi connectivity index (χ3v) is 3.12. The van der Waals surface area contributed by atoms with Crippen LogP contribution in [0.5, 0.6) is 0 Å². The molecule has 0 unspecified atom stereocenters. The van der Waals surface area contributed by atoms with Gasteiger partial charge in [0.1, 0.15) is 0 Å². The Morgan fingerprint density at radius 3 is 2.79 bits per heavy atom. The number of aromatic nitrogens is 2. The van der Waals surface area contributed by atoms with Crippen molar-refractivity contribution in [2.75, 3.05) is 0 Å². The second kappa shape index (κ2) is 3.88. The minimum Gasteiger partial charge on any atom is -0.264 e. The van der Waals surface area contributed by atoms with Gasteiger partial charge in [-0.1, -0.05) is 13.8 Å². The molecule has 0 aliphatic rings. The molecule has 0 saturated carbocycles. The van der Waals surface area contributed by atoms with E-state index in [-0.39, 0.29) is 0 Å². The van der Waals surface area contributed by atoms with Gasteiger partial charge in [-0.05, 0) is 12.1 Å². The maximum absolute atomic E-state index is 4.56. The fourth-order valence-corrected chi connectivity index (χ4v) is 2.04.